The second-order valence-electron chi connectivity index (χ2n) is 3.08. The van der Waals surface area contributed by atoms with Crippen molar-refractivity contribution in [3.63, 3.8) is 0 Å². The summed E-state index contributed by atoms with van der Waals surface area (Å²) in [5, 5.41) is 9.02. The van der Waals surface area contributed by atoms with Gasteiger partial charge in [-0.1, -0.05) is 12.1 Å². The van der Waals surface area contributed by atoms with E-state index in [0.29, 0.717) is 6.42 Å². The molecule has 1 rings (SSSR count). The maximum absolute atomic E-state index is 11.0. The van der Waals surface area contributed by atoms with Gasteiger partial charge in [-0.25, -0.2) is 0 Å². The van der Waals surface area contributed by atoms with Crippen molar-refractivity contribution in [1.29, 1.82) is 0 Å². The van der Waals surface area contributed by atoms with E-state index in [1.165, 1.54) is 6.92 Å². The van der Waals surface area contributed by atoms with Crippen LogP contribution in [0.15, 0.2) is 24.3 Å². The number of phenols is 1. The van der Waals surface area contributed by atoms with E-state index in [0.717, 1.165) is 5.56 Å². The maximum Gasteiger partial charge on any atom is 0.267 e. The third-order valence-electron chi connectivity index (χ3n) is 1.94. The molecule has 0 aromatic heterocycles. The number of rotatable bonds is 5. The Hall–Kier alpha value is -1.07. The summed E-state index contributed by atoms with van der Waals surface area (Å²) < 4.78 is 26.7. The van der Waals surface area contributed by atoms with E-state index in [1.54, 1.807) is 24.3 Å². The molecule has 15 heavy (non-hydrogen) atoms. The van der Waals surface area contributed by atoms with Crippen molar-refractivity contribution < 1.29 is 17.7 Å². The van der Waals surface area contributed by atoms with Crippen LogP contribution in [0.2, 0.25) is 0 Å². The molecule has 0 aliphatic carbocycles. The van der Waals surface area contributed by atoms with Gasteiger partial charge in [-0.05, 0) is 31.0 Å². The first kappa shape index (κ1) is 12.0. The number of benzene rings is 1. The van der Waals surface area contributed by atoms with Crippen LogP contribution in [-0.4, -0.2) is 25.9 Å². The summed E-state index contributed by atoms with van der Waals surface area (Å²) in [6, 6.07) is 6.59. The minimum atomic E-state index is -3.35. The lowest BCUT2D eigenvalue weighted by Gasteiger charge is -2.03. The summed E-state index contributed by atoms with van der Waals surface area (Å²) in [6.45, 7) is 1.68. The van der Waals surface area contributed by atoms with Crippen LogP contribution < -0.4 is 0 Å². The van der Waals surface area contributed by atoms with E-state index >= 15 is 0 Å². The van der Waals surface area contributed by atoms with E-state index in [4.69, 9.17) is 9.29 Å². The molecular weight excluding hydrogens is 216 g/mol. The largest absolute Gasteiger partial charge is 0.508 e. The van der Waals surface area contributed by atoms with Crippen LogP contribution >= 0.6 is 0 Å². The Bertz CT molecular complexity index is 394. The summed E-state index contributed by atoms with van der Waals surface area (Å²) in [4.78, 5) is 0. The Morgan fingerprint density at radius 1 is 1.27 bits per heavy atom. The van der Waals surface area contributed by atoms with Crippen molar-refractivity contribution in [1.82, 2.24) is 0 Å². The molecule has 4 nitrogen and oxygen atoms in total. The summed E-state index contributed by atoms with van der Waals surface area (Å²) in [7, 11) is -3.35. The van der Waals surface area contributed by atoms with Crippen molar-refractivity contribution in [2.45, 2.75) is 13.3 Å². The molecule has 0 atom stereocenters. The maximum atomic E-state index is 11.0. The van der Waals surface area contributed by atoms with Crippen molar-refractivity contribution in [3.05, 3.63) is 29.8 Å². The summed E-state index contributed by atoms with van der Waals surface area (Å²) in [5.74, 6) is 0.184. The van der Waals surface area contributed by atoms with Gasteiger partial charge in [0.15, 0.2) is 0 Å². The Kier molecular flexibility index (Phi) is 4.11. The highest BCUT2D eigenvalue weighted by atomic mass is 32.2. The van der Waals surface area contributed by atoms with Crippen LogP contribution in [0.5, 0.6) is 5.75 Å². The molecule has 84 valence electrons. The molecule has 0 unspecified atom stereocenters. The Morgan fingerprint density at radius 3 is 2.40 bits per heavy atom. The highest BCUT2D eigenvalue weighted by Gasteiger charge is 2.06. The number of hydrogen-bond donors (Lipinski definition) is 1. The molecule has 0 fully saturated rings. The minimum absolute atomic E-state index is 0.0113. The highest BCUT2D eigenvalue weighted by Crippen LogP contribution is 2.10. The van der Waals surface area contributed by atoms with E-state index in [-0.39, 0.29) is 18.1 Å². The molecule has 0 bridgehead atoms. The van der Waals surface area contributed by atoms with E-state index < -0.39 is 10.1 Å². The second kappa shape index (κ2) is 5.14. The van der Waals surface area contributed by atoms with Gasteiger partial charge in [0.25, 0.3) is 10.1 Å². The molecule has 5 heteroatoms. The molecule has 0 radical (unpaired) electrons. The lowest BCUT2D eigenvalue weighted by atomic mass is 10.2. The van der Waals surface area contributed by atoms with Gasteiger partial charge in [-0.15, -0.1) is 0 Å². The average Bonchev–Trinajstić information content (AvgIpc) is 2.21. The molecule has 0 aliphatic heterocycles. The van der Waals surface area contributed by atoms with Crippen LogP contribution in [0.25, 0.3) is 0 Å². The quantitative estimate of drug-likeness (QED) is 0.774. The molecule has 0 spiro atoms. The molecule has 0 heterocycles. The number of aromatic hydroxyl groups is 1. The zero-order valence-corrected chi connectivity index (χ0v) is 9.33. The standard InChI is InChI=1S/C10H14O4S/c1-2-15(12,13)14-8-7-9-3-5-10(11)6-4-9/h3-6,11H,2,7-8H2,1H3. The zero-order chi connectivity index (χ0) is 11.3. The monoisotopic (exact) mass is 230 g/mol. The lowest BCUT2D eigenvalue weighted by Crippen LogP contribution is -2.10. The average molecular weight is 230 g/mol. The van der Waals surface area contributed by atoms with Crippen LogP contribution in [0.1, 0.15) is 12.5 Å². The first-order chi connectivity index (χ1) is 7.03. The zero-order valence-electron chi connectivity index (χ0n) is 8.51. The smallest absolute Gasteiger partial charge is 0.267 e. The van der Waals surface area contributed by atoms with Crippen LogP contribution in [0.4, 0.5) is 0 Å². The van der Waals surface area contributed by atoms with Gasteiger partial charge in [0.2, 0.25) is 0 Å². The summed E-state index contributed by atoms with van der Waals surface area (Å²) in [5.41, 5.74) is 0.930. The van der Waals surface area contributed by atoms with Crippen molar-refractivity contribution >= 4 is 10.1 Å². The third-order valence-corrected chi connectivity index (χ3v) is 3.18. The van der Waals surface area contributed by atoms with E-state index in [9.17, 15) is 8.42 Å². The topological polar surface area (TPSA) is 63.6 Å². The van der Waals surface area contributed by atoms with Gasteiger partial charge in [0.05, 0.1) is 12.4 Å². The Balaban J connectivity index is 2.42. The molecule has 0 saturated heterocycles. The predicted molar refractivity (Wildman–Crippen MR) is 57.2 cm³/mol. The molecule has 1 aromatic carbocycles. The van der Waals surface area contributed by atoms with Crippen molar-refractivity contribution in [3.8, 4) is 5.75 Å². The SMILES string of the molecule is CCS(=O)(=O)OCCc1ccc(O)cc1. The molecule has 0 aliphatic rings. The normalized spacial score (nSPS) is 11.5. The number of phenolic OH excluding ortho intramolecular Hbond substituents is 1. The van der Waals surface area contributed by atoms with Crippen molar-refractivity contribution in [2.24, 2.45) is 0 Å². The molecule has 1 aromatic rings. The van der Waals surface area contributed by atoms with E-state index in [1.807, 2.05) is 0 Å². The lowest BCUT2D eigenvalue weighted by molar-refractivity contribution is 0.323. The summed E-state index contributed by atoms with van der Waals surface area (Å²) >= 11 is 0. The fourth-order valence-electron chi connectivity index (χ4n) is 1.03. The van der Waals surface area contributed by atoms with Gasteiger partial charge in [-0.3, -0.25) is 4.18 Å². The van der Waals surface area contributed by atoms with Crippen LogP contribution in [-0.2, 0) is 20.7 Å². The Labute approximate surface area is 89.6 Å². The molecular formula is C10H14O4S. The molecule has 1 N–H and O–H groups in total. The van der Waals surface area contributed by atoms with Gasteiger partial charge < -0.3 is 5.11 Å². The predicted octanol–water partition coefficient (Wildman–Crippen LogP) is 1.30. The highest BCUT2D eigenvalue weighted by molar-refractivity contribution is 7.86. The van der Waals surface area contributed by atoms with E-state index in [2.05, 4.69) is 0 Å². The third kappa shape index (κ3) is 4.31. The molecule has 0 saturated carbocycles. The van der Waals surface area contributed by atoms with Crippen LogP contribution in [0.3, 0.4) is 0 Å². The Morgan fingerprint density at radius 2 is 1.87 bits per heavy atom. The first-order valence-corrected chi connectivity index (χ1v) is 6.26. The second-order valence-corrected chi connectivity index (χ2v) is 5.01. The first-order valence-electron chi connectivity index (χ1n) is 4.68. The van der Waals surface area contributed by atoms with Crippen molar-refractivity contribution in [2.75, 3.05) is 12.4 Å². The summed E-state index contributed by atoms with van der Waals surface area (Å²) in [6.07, 6.45) is 0.513. The van der Waals surface area contributed by atoms with Crippen LogP contribution in [0, 0.1) is 0 Å². The fourth-order valence-corrected chi connectivity index (χ4v) is 1.54. The van der Waals surface area contributed by atoms with Gasteiger partial charge >= 0.3 is 0 Å². The minimum Gasteiger partial charge on any atom is -0.508 e. The van der Waals surface area contributed by atoms with Gasteiger partial charge in [-0.2, -0.15) is 8.42 Å². The van der Waals surface area contributed by atoms with Gasteiger partial charge in [0.1, 0.15) is 5.75 Å². The molecule has 0 amide bonds. The number of hydrogen-bond acceptors (Lipinski definition) is 4. The van der Waals surface area contributed by atoms with Gasteiger partial charge in [0, 0.05) is 0 Å². The fraction of sp³-hybridized carbons (Fsp3) is 0.400.